The molecule has 2 heterocycles. The van der Waals surface area contributed by atoms with Crippen LogP contribution in [0.15, 0.2) is 47.6 Å². The lowest BCUT2D eigenvalue weighted by Gasteiger charge is -2.30. The number of carbonyl (C=O) groups is 4. The molecule has 50 heavy (non-hydrogen) atoms. The molecule has 13 nitrogen and oxygen atoms in total. The molecule has 0 aromatic heterocycles. The Kier molecular flexibility index (Phi) is 10.8. The molecule has 3 N–H and O–H groups in total. The summed E-state index contributed by atoms with van der Waals surface area (Å²) in [6, 6.07) is 7.61. The number of nitrogens with zero attached hydrogens (tertiary/aromatic N) is 2. The maximum Gasteiger partial charge on any atom is 0.408 e. The first-order valence-corrected chi connectivity index (χ1v) is 19.6. The molecule has 1 unspecified atom stereocenters. The molecule has 0 radical (unpaired) electrons. The minimum Gasteiger partial charge on any atom is -0.446 e. The zero-order valence-corrected chi connectivity index (χ0v) is 29.7. The van der Waals surface area contributed by atoms with Gasteiger partial charge in [-0.1, -0.05) is 74.3 Å². The van der Waals surface area contributed by atoms with Gasteiger partial charge in [-0.25, -0.2) is 13.2 Å². The van der Waals surface area contributed by atoms with Crippen molar-refractivity contribution in [3.63, 3.8) is 0 Å². The van der Waals surface area contributed by atoms with Crippen molar-refractivity contribution in [2.45, 2.75) is 126 Å². The Hall–Kier alpha value is -3.94. The van der Waals surface area contributed by atoms with E-state index in [1.165, 1.54) is 4.90 Å². The van der Waals surface area contributed by atoms with E-state index in [1.54, 1.807) is 0 Å². The van der Waals surface area contributed by atoms with E-state index in [0.717, 1.165) is 37.7 Å². The number of rotatable bonds is 9. The Labute approximate surface area is 294 Å². The molecule has 4 amide bonds. The monoisotopic (exact) mass is 711 g/mol. The summed E-state index contributed by atoms with van der Waals surface area (Å²) in [4.78, 5) is 62.5. The molecule has 3 aliphatic carbocycles. The van der Waals surface area contributed by atoms with Gasteiger partial charge in [0.05, 0.1) is 17.5 Å². The van der Waals surface area contributed by atoms with E-state index >= 15 is 0 Å². The first-order valence-electron chi connectivity index (χ1n) is 18.1. The van der Waals surface area contributed by atoms with Gasteiger partial charge in [-0.15, -0.1) is 0 Å². The van der Waals surface area contributed by atoms with Gasteiger partial charge in [0.2, 0.25) is 21.8 Å². The van der Waals surface area contributed by atoms with Crippen molar-refractivity contribution in [3.05, 3.63) is 48.0 Å². The maximum atomic E-state index is 14.3. The van der Waals surface area contributed by atoms with Gasteiger partial charge >= 0.3 is 6.09 Å². The van der Waals surface area contributed by atoms with Gasteiger partial charge in [0.15, 0.2) is 0 Å². The summed E-state index contributed by atoms with van der Waals surface area (Å²) >= 11 is 0. The number of alkyl carbamates (subject to hydrolysis) is 1. The van der Waals surface area contributed by atoms with Crippen LogP contribution in [-0.4, -0.2) is 84.5 Å². The number of sulfonamides is 1. The molecule has 2 aliphatic heterocycles. The third-order valence-electron chi connectivity index (χ3n) is 10.4. The quantitative estimate of drug-likeness (QED) is 0.198. The van der Waals surface area contributed by atoms with Crippen molar-refractivity contribution >= 4 is 39.5 Å². The summed E-state index contributed by atoms with van der Waals surface area (Å²) in [5.41, 5.74) is 0.133. The molecule has 5 atom stereocenters. The zero-order valence-electron chi connectivity index (χ0n) is 28.8. The van der Waals surface area contributed by atoms with Crippen molar-refractivity contribution in [2.24, 2.45) is 17.0 Å². The average Bonchev–Trinajstić information content (AvgIpc) is 3.98. The van der Waals surface area contributed by atoms with E-state index in [9.17, 15) is 27.6 Å². The molecule has 4 fully saturated rings. The summed E-state index contributed by atoms with van der Waals surface area (Å²) in [7, 11) is -3.86. The molecule has 0 spiro atoms. The average molecular weight is 712 g/mol. The lowest BCUT2D eigenvalue weighted by molar-refractivity contribution is -0.141. The van der Waals surface area contributed by atoms with E-state index in [2.05, 4.69) is 20.5 Å². The maximum absolute atomic E-state index is 14.3. The SMILES string of the molecule is CC(C)/C(=N\O[C@@H]1C[C@H]2C(=O)N[C@]3(C(=O)NS(=O)(=O)C4CC4)CC3/C=C\CCCCC[C@H](NC(=O)OC3CCC3)C(=O)N2C1)c1ccccc1. The van der Waals surface area contributed by atoms with Crippen LogP contribution in [0.5, 0.6) is 0 Å². The third kappa shape index (κ3) is 8.33. The summed E-state index contributed by atoms with van der Waals surface area (Å²) in [5, 5.41) is 9.53. The predicted molar refractivity (Wildman–Crippen MR) is 185 cm³/mol. The highest BCUT2D eigenvalue weighted by Crippen LogP contribution is 2.46. The number of amides is 4. The van der Waals surface area contributed by atoms with E-state index in [-0.39, 0.29) is 31.4 Å². The third-order valence-corrected chi connectivity index (χ3v) is 12.2. The van der Waals surface area contributed by atoms with E-state index in [0.29, 0.717) is 37.8 Å². The van der Waals surface area contributed by atoms with Crippen LogP contribution in [0.3, 0.4) is 0 Å². The molecule has 3 saturated carbocycles. The number of oxime groups is 1. The van der Waals surface area contributed by atoms with E-state index in [4.69, 9.17) is 9.57 Å². The van der Waals surface area contributed by atoms with Gasteiger partial charge < -0.3 is 25.1 Å². The molecule has 5 aliphatic rings. The molecule has 6 rings (SSSR count). The number of hydrogen-bond acceptors (Lipinski definition) is 9. The number of nitrogens with one attached hydrogen (secondary N) is 3. The highest BCUT2D eigenvalue weighted by atomic mass is 32.2. The molecule has 1 aromatic carbocycles. The van der Waals surface area contributed by atoms with Crippen LogP contribution < -0.4 is 15.4 Å². The smallest absolute Gasteiger partial charge is 0.408 e. The van der Waals surface area contributed by atoms with Gasteiger partial charge in [0.25, 0.3) is 5.91 Å². The van der Waals surface area contributed by atoms with E-state index in [1.807, 2.05) is 56.3 Å². The Bertz CT molecular complexity index is 1610. The summed E-state index contributed by atoms with van der Waals surface area (Å²) in [6.45, 7) is 4.02. The number of fused-ring (bicyclic) bond motifs is 2. The van der Waals surface area contributed by atoms with Gasteiger partial charge in [-0.2, -0.15) is 0 Å². The lowest BCUT2D eigenvalue weighted by Crippen LogP contribution is -2.58. The van der Waals surface area contributed by atoms with Crippen LogP contribution in [0.2, 0.25) is 0 Å². The summed E-state index contributed by atoms with van der Waals surface area (Å²) in [6.07, 6.45) is 9.53. The zero-order chi connectivity index (χ0) is 35.5. The first-order chi connectivity index (χ1) is 24.0. The predicted octanol–water partition coefficient (Wildman–Crippen LogP) is 3.68. The second-order valence-corrected chi connectivity index (χ2v) is 16.6. The van der Waals surface area contributed by atoms with Crippen LogP contribution >= 0.6 is 0 Å². The first kappa shape index (κ1) is 35.9. The Balaban J connectivity index is 1.27. The number of ether oxygens (including phenoxy) is 1. The molecule has 0 bridgehead atoms. The Morgan fingerprint density at radius 2 is 1.76 bits per heavy atom. The molecule has 1 saturated heterocycles. The van der Waals surface area contributed by atoms with Crippen molar-refractivity contribution in [1.82, 2.24) is 20.3 Å². The van der Waals surface area contributed by atoms with Gasteiger partial charge in [0, 0.05) is 12.3 Å². The van der Waals surface area contributed by atoms with Crippen molar-refractivity contribution < 1.29 is 37.2 Å². The molecule has 1 aromatic rings. The minimum absolute atomic E-state index is 0.0228. The van der Waals surface area contributed by atoms with Crippen LogP contribution in [0.1, 0.15) is 96.5 Å². The van der Waals surface area contributed by atoms with Crippen LogP contribution in [0.4, 0.5) is 4.79 Å². The fourth-order valence-electron chi connectivity index (χ4n) is 6.89. The topological polar surface area (TPSA) is 173 Å². The van der Waals surface area contributed by atoms with Crippen LogP contribution in [-0.2, 0) is 34.0 Å². The second kappa shape index (κ2) is 15.1. The summed E-state index contributed by atoms with van der Waals surface area (Å²) in [5.74, 6) is -2.19. The Morgan fingerprint density at radius 3 is 2.44 bits per heavy atom. The molecular formula is C36H49N5O8S. The van der Waals surface area contributed by atoms with Crippen LogP contribution in [0.25, 0.3) is 0 Å². The van der Waals surface area contributed by atoms with Crippen LogP contribution in [0, 0.1) is 11.8 Å². The standard InChI is InChI=1S/C36H49N5O8S/c1-23(2)31(24-12-7-6-8-13-24)39-49-27-20-30-32(42)38-36(34(44)40-50(46,47)28-18-19-28)21-25(36)14-9-4-3-5-10-17-29(33(43)41(30)22-27)37-35(45)48-26-15-11-16-26/h6-9,12-14,23,25-30H,3-5,10-11,15-22H2,1-2H3,(H,37,45)(H,38,42)(H,40,44)/b14-9-,39-31+/t25?,27-,29+,30+,36-/m1/s1. The fraction of sp³-hybridized carbons (Fsp3) is 0.639. The largest absolute Gasteiger partial charge is 0.446 e. The van der Waals surface area contributed by atoms with Gasteiger partial charge in [-0.3, -0.25) is 19.1 Å². The number of hydrogen-bond donors (Lipinski definition) is 3. The highest BCUT2D eigenvalue weighted by molar-refractivity contribution is 7.91. The van der Waals surface area contributed by atoms with Crippen molar-refractivity contribution in [2.75, 3.05) is 6.54 Å². The number of benzene rings is 1. The normalized spacial score (nSPS) is 30.1. The highest BCUT2D eigenvalue weighted by Gasteiger charge is 2.62. The van der Waals surface area contributed by atoms with E-state index < -0.39 is 68.7 Å². The molecular weight excluding hydrogens is 662 g/mol. The second-order valence-electron chi connectivity index (χ2n) is 14.6. The fourth-order valence-corrected chi connectivity index (χ4v) is 8.25. The Morgan fingerprint density at radius 1 is 1.00 bits per heavy atom. The van der Waals surface area contributed by atoms with Gasteiger partial charge in [0.1, 0.15) is 29.8 Å². The van der Waals surface area contributed by atoms with Crippen molar-refractivity contribution in [3.8, 4) is 0 Å². The summed E-state index contributed by atoms with van der Waals surface area (Å²) < 4.78 is 33.3. The number of allylic oxidation sites excluding steroid dienone is 1. The molecule has 14 heteroatoms. The molecule has 272 valence electrons. The van der Waals surface area contributed by atoms with Crippen molar-refractivity contribution in [1.29, 1.82) is 0 Å². The minimum atomic E-state index is -3.86. The van der Waals surface area contributed by atoms with Gasteiger partial charge in [-0.05, 0) is 69.3 Å². The lowest BCUT2D eigenvalue weighted by atomic mass is 9.96. The number of carbonyl (C=O) groups excluding carboxylic acids is 4.